The number of aromatic amines is 1. The maximum Gasteiger partial charge on any atom is 0.272 e. The summed E-state index contributed by atoms with van der Waals surface area (Å²) in [6.07, 6.45) is 5.78. The van der Waals surface area contributed by atoms with Gasteiger partial charge in [-0.15, -0.1) is 0 Å². The molecule has 2 aromatic rings. The van der Waals surface area contributed by atoms with Crippen molar-refractivity contribution in [2.75, 3.05) is 19.6 Å². The van der Waals surface area contributed by atoms with Crippen LogP contribution in [0.15, 0.2) is 29.5 Å². The molecule has 108 valence electrons. The van der Waals surface area contributed by atoms with Gasteiger partial charge in [0.1, 0.15) is 0 Å². The van der Waals surface area contributed by atoms with Gasteiger partial charge < -0.3 is 4.98 Å². The van der Waals surface area contributed by atoms with Crippen molar-refractivity contribution >= 4 is 22.5 Å². The Morgan fingerprint density at radius 1 is 1.14 bits per heavy atom. The Morgan fingerprint density at radius 3 is 2.86 bits per heavy atom. The number of aromatic nitrogens is 1. The highest BCUT2D eigenvalue weighted by molar-refractivity contribution is 6.19. The Bertz CT molecular complexity index is 725. The minimum atomic E-state index is -0.130. The van der Waals surface area contributed by atoms with Crippen molar-refractivity contribution in [3.8, 4) is 0 Å². The Labute approximate surface area is 123 Å². The molecule has 2 aliphatic rings. The van der Waals surface area contributed by atoms with Crippen molar-refractivity contribution in [1.82, 2.24) is 15.3 Å². The van der Waals surface area contributed by atoms with Crippen molar-refractivity contribution in [2.45, 2.75) is 19.3 Å². The van der Waals surface area contributed by atoms with Crippen LogP contribution in [0.3, 0.4) is 0 Å². The van der Waals surface area contributed by atoms with Crippen LogP contribution in [-0.4, -0.2) is 41.1 Å². The van der Waals surface area contributed by atoms with Crippen LogP contribution >= 0.6 is 0 Å². The molecule has 0 spiro atoms. The molecule has 1 fully saturated rings. The molecule has 2 aliphatic heterocycles. The van der Waals surface area contributed by atoms with E-state index in [9.17, 15) is 4.79 Å². The van der Waals surface area contributed by atoms with E-state index in [1.165, 1.54) is 19.3 Å². The zero-order valence-electron chi connectivity index (χ0n) is 11.9. The first-order chi connectivity index (χ1) is 10.3. The average molecular weight is 282 g/mol. The molecule has 5 nitrogen and oxygen atoms in total. The maximum atomic E-state index is 12.2. The fourth-order valence-electron chi connectivity index (χ4n) is 3.29. The van der Waals surface area contributed by atoms with Gasteiger partial charge in [-0.3, -0.25) is 9.69 Å². The maximum absolute atomic E-state index is 12.2. The summed E-state index contributed by atoms with van der Waals surface area (Å²) in [5.74, 6) is -0.130. The SMILES string of the molecule is O=C1NN=C(CN2CCCCC2)c2c[nH]c3cccc1c23. The number of nitrogens with one attached hydrogen (secondary N) is 2. The molecule has 1 amide bonds. The fourth-order valence-corrected chi connectivity index (χ4v) is 3.29. The van der Waals surface area contributed by atoms with E-state index in [4.69, 9.17) is 0 Å². The van der Waals surface area contributed by atoms with Crippen LogP contribution in [0.2, 0.25) is 0 Å². The number of carbonyl (C=O) groups is 1. The van der Waals surface area contributed by atoms with Crippen LogP contribution < -0.4 is 5.43 Å². The lowest BCUT2D eigenvalue weighted by Crippen LogP contribution is -2.35. The lowest BCUT2D eigenvalue weighted by molar-refractivity contribution is 0.0957. The number of piperidine rings is 1. The summed E-state index contributed by atoms with van der Waals surface area (Å²) in [7, 11) is 0. The number of carbonyl (C=O) groups excluding carboxylic acids is 1. The molecule has 0 aliphatic carbocycles. The predicted octanol–water partition coefficient (Wildman–Crippen LogP) is 2.10. The minimum Gasteiger partial charge on any atom is -0.360 e. The van der Waals surface area contributed by atoms with Crippen molar-refractivity contribution < 1.29 is 4.79 Å². The normalized spacial score (nSPS) is 19.2. The summed E-state index contributed by atoms with van der Waals surface area (Å²) in [6, 6.07) is 5.75. The summed E-state index contributed by atoms with van der Waals surface area (Å²) < 4.78 is 0. The Kier molecular flexibility index (Phi) is 3.00. The molecule has 0 bridgehead atoms. The second-order valence-electron chi connectivity index (χ2n) is 5.77. The van der Waals surface area contributed by atoms with Gasteiger partial charge in [-0.2, -0.15) is 5.10 Å². The first kappa shape index (κ1) is 12.6. The Morgan fingerprint density at radius 2 is 2.00 bits per heavy atom. The van der Waals surface area contributed by atoms with Crippen LogP contribution in [-0.2, 0) is 0 Å². The van der Waals surface area contributed by atoms with E-state index in [1.54, 1.807) is 0 Å². The van der Waals surface area contributed by atoms with Gasteiger partial charge in [-0.25, -0.2) is 5.43 Å². The number of hydrogen-bond donors (Lipinski definition) is 2. The molecule has 0 atom stereocenters. The average Bonchev–Trinajstić information content (AvgIpc) is 2.90. The quantitative estimate of drug-likeness (QED) is 0.886. The van der Waals surface area contributed by atoms with E-state index >= 15 is 0 Å². The number of hydrazone groups is 1. The van der Waals surface area contributed by atoms with Crippen molar-refractivity contribution in [3.63, 3.8) is 0 Å². The third-order valence-corrected chi connectivity index (χ3v) is 4.38. The standard InChI is InChI=1S/C16H18N4O/c21-16-11-5-4-6-13-15(11)12(9-17-13)14(18-19-16)10-20-7-2-1-3-8-20/h4-6,9,17H,1-3,7-8,10H2,(H,19,21). The van der Waals surface area contributed by atoms with E-state index in [0.29, 0.717) is 5.56 Å². The van der Waals surface area contributed by atoms with E-state index in [-0.39, 0.29) is 5.91 Å². The molecule has 1 aromatic heterocycles. The number of nitrogens with zero attached hydrogens (tertiary/aromatic N) is 2. The number of rotatable bonds is 2. The molecule has 0 unspecified atom stereocenters. The smallest absolute Gasteiger partial charge is 0.272 e. The largest absolute Gasteiger partial charge is 0.360 e. The van der Waals surface area contributed by atoms with Crippen LogP contribution in [0.1, 0.15) is 35.2 Å². The Balaban J connectivity index is 1.76. The monoisotopic (exact) mass is 282 g/mol. The lowest BCUT2D eigenvalue weighted by Gasteiger charge is -2.26. The highest BCUT2D eigenvalue weighted by Crippen LogP contribution is 2.25. The molecule has 5 heteroatoms. The first-order valence-electron chi connectivity index (χ1n) is 7.52. The second kappa shape index (κ2) is 5.00. The number of benzene rings is 1. The molecule has 21 heavy (non-hydrogen) atoms. The number of H-pyrrole nitrogens is 1. The van der Waals surface area contributed by atoms with E-state index in [0.717, 1.165) is 41.8 Å². The van der Waals surface area contributed by atoms with Crippen molar-refractivity contribution in [2.24, 2.45) is 5.10 Å². The van der Waals surface area contributed by atoms with Gasteiger partial charge in [0.15, 0.2) is 0 Å². The minimum absolute atomic E-state index is 0.130. The van der Waals surface area contributed by atoms with Gasteiger partial charge in [0.25, 0.3) is 5.91 Å². The summed E-state index contributed by atoms with van der Waals surface area (Å²) >= 11 is 0. The third-order valence-electron chi connectivity index (χ3n) is 4.38. The highest BCUT2D eigenvalue weighted by Gasteiger charge is 2.23. The lowest BCUT2D eigenvalue weighted by atomic mass is 10.0. The second-order valence-corrected chi connectivity index (χ2v) is 5.77. The number of amides is 1. The highest BCUT2D eigenvalue weighted by atomic mass is 16.2. The molecule has 1 aromatic carbocycles. The topological polar surface area (TPSA) is 60.5 Å². The van der Waals surface area contributed by atoms with Crippen LogP contribution in [0.5, 0.6) is 0 Å². The summed E-state index contributed by atoms with van der Waals surface area (Å²) in [6.45, 7) is 3.02. The van der Waals surface area contributed by atoms with Gasteiger partial charge in [-0.05, 0) is 38.1 Å². The van der Waals surface area contributed by atoms with E-state index in [2.05, 4.69) is 20.4 Å². The summed E-state index contributed by atoms with van der Waals surface area (Å²) in [5, 5.41) is 5.35. The zero-order chi connectivity index (χ0) is 14.2. The summed E-state index contributed by atoms with van der Waals surface area (Å²) in [5.41, 5.74) is 6.36. The molecule has 4 rings (SSSR count). The molecule has 1 saturated heterocycles. The van der Waals surface area contributed by atoms with Gasteiger partial charge in [0, 0.05) is 29.2 Å². The van der Waals surface area contributed by atoms with Crippen LogP contribution in [0.25, 0.3) is 10.9 Å². The first-order valence-corrected chi connectivity index (χ1v) is 7.52. The van der Waals surface area contributed by atoms with Gasteiger partial charge >= 0.3 is 0 Å². The van der Waals surface area contributed by atoms with Crippen molar-refractivity contribution in [3.05, 3.63) is 35.5 Å². The van der Waals surface area contributed by atoms with Crippen LogP contribution in [0.4, 0.5) is 0 Å². The zero-order valence-corrected chi connectivity index (χ0v) is 11.9. The third kappa shape index (κ3) is 2.14. The molecular formula is C16H18N4O. The van der Waals surface area contributed by atoms with Crippen LogP contribution in [0, 0.1) is 0 Å². The van der Waals surface area contributed by atoms with Gasteiger partial charge in [0.05, 0.1) is 11.3 Å². The predicted molar refractivity (Wildman–Crippen MR) is 82.6 cm³/mol. The summed E-state index contributed by atoms with van der Waals surface area (Å²) in [4.78, 5) is 17.9. The van der Waals surface area contributed by atoms with Gasteiger partial charge in [-0.1, -0.05) is 12.5 Å². The molecule has 2 N–H and O–H groups in total. The van der Waals surface area contributed by atoms with E-state index in [1.807, 2.05) is 24.4 Å². The molecule has 0 radical (unpaired) electrons. The van der Waals surface area contributed by atoms with Crippen molar-refractivity contribution in [1.29, 1.82) is 0 Å². The number of likely N-dealkylation sites (tertiary alicyclic amines) is 1. The molecular weight excluding hydrogens is 264 g/mol. The van der Waals surface area contributed by atoms with Gasteiger partial charge in [0.2, 0.25) is 0 Å². The Hall–Kier alpha value is -2.14. The fraction of sp³-hybridized carbons (Fsp3) is 0.375. The van der Waals surface area contributed by atoms with E-state index < -0.39 is 0 Å². The molecule has 0 saturated carbocycles. The number of hydrogen-bond acceptors (Lipinski definition) is 3. The molecule has 3 heterocycles.